The van der Waals surface area contributed by atoms with E-state index in [0.717, 1.165) is 22.1 Å². The normalized spacial score (nSPS) is 15.6. The van der Waals surface area contributed by atoms with Gasteiger partial charge in [0.15, 0.2) is 0 Å². The van der Waals surface area contributed by atoms with Crippen LogP contribution in [0.25, 0.3) is 0 Å². The van der Waals surface area contributed by atoms with Crippen molar-refractivity contribution in [3.05, 3.63) is 53.1 Å². The van der Waals surface area contributed by atoms with Gasteiger partial charge in [0.1, 0.15) is 17.4 Å². The van der Waals surface area contributed by atoms with E-state index in [1.165, 1.54) is 4.90 Å². The van der Waals surface area contributed by atoms with Crippen LogP contribution < -0.4 is 15.2 Å². The van der Waals surface area contributed by atoms with E-state index in [-0.39, 0.29) is 5.91 Å². The molecule has 2 amide bonds. The molecule has 0 aliphatic carbocycles. The zero-order valence-corrected chi connectivity index (χ0v) is 22.7. The molecular weight excluding hydrogens is 458 g/mol. The second-order valence-corrected chi connectivity index (χ2v) is 15.8. The zero-order valence-electron chi connectivity index (χ0n) is 21.7. The Hall–Kier alpha value is -3.31. The molecule has 3 rings (SSSR count). The maximum Gasteiger partial charge on any atom is 0.411 e. The molecule has 2 aromatic carbocycles. The fourth-order valence-electron chi connectivity index (χ4n) is 4.24. The summed E-state index contributed by atoms with van der Waals surface area (Å²) >= 11 is 0. The first-order valence-corrected chi connectivity index (χ1v) is 15.4. The molecule has 8 heteroatoms. The molecule has 0 saturated carbocycles. The van der Waals surface area contributed by atoms with Gasteiger partial charge in [-0.3, -0.25) is 9.69 Å². The lowest BCUT2D eigenvalue weighted by atomic mass is 9.92. The standard InChI is InChI=1S/C27H35N3O4Si/c1-8-33-21-10-11-22-18(16-21)13-14-30(26(32)34-27(2,3)4)24(22)25(31)29-20-9-12-23(35(5,6)7)19(15-20)17-28/h9-12,15-16,24H,8,13-14H2,1-7H3,(H,29,31)/t24-/m0/s1. The molecule has 0 unspecified atom stereocenters. The van der Waals surface area contributed by atoms with E-state index in [4.69, 9.17) is 9.47 Å². The molecule has 0 saturated heterocycles. The Labute approximate surface area is 209 Å². The van der Waals surface area contributed by atoms with Gasteiger partial charge in [-0.1, -0.05) is 31.8 Å². The van der Waals surface area contributed by atoms with Crippen molar-refractivity contribution in [1.82, 2.24) is 4.90 Å². The van der Waals surface area contributed by atoms with Crippen LogP contribution in [0.3, 0.4) is 0 Å². The predicted molar refractivity (Wildman–Crippen MR) is 140 cm³/mol. The largest absolute Gasteiger partial charge is 0.494 e. The van der Waals surface area contributed by atoms with Gasteiger partial charge in [-0.2, -0.15) is 5.26 Å². The van der Waals surface area contributed by atoms with Gasteiger partial charge in [-0.25, -0.2) is 4.79 Å². The molecular formula is C27H35N3O4Si. The quantitative estimate of drug-likeness (QED) is 0.594. The van der Waals surface area contributed by atoms with Crippen LogP contribution in [0.2, 0.25) is 19.6 Å². The number of amides is 2. The number of benzene rings is 2. The summed E-state index contributed by atoms with van der Waals surface area (Å²) in [5, 5.41) is 13.7. The zero-order chi connectivity index (χ0) is 26.0. The summed E-state index contributed by atoms with van der Waals surface area (Å²) in [4.78, 5) is 28.2. The summed E-state index contributed by atoms with van der Waals surface area (Å²) in [5.41, 5.74) is 2.10. The maximum atomic E-state index is 13.6. The smallest absolute Gasteiger partial charge is 0.411 e. The molecule has 7 nitrogen and oxygen atoms in total. The summed E-state index contributed by atoms with van der Waals surface area (Å²) in [6.07, 6.45) is 0.0481. The Kier molecular flexibility index (Phi) is 7.61. The first kappa shape index (κ1) is 26.3. The summed E-state index contributed by atoms with van der Waals surface area (Å²) in [7, 11) is -1.72. The Morgan fingerprint density at radius 3 is 2.49 bits per heavy atom. The molecule has 1 N–H and O–H groups in total. The second kappa shape index (κ2) is 10.1. The first-order valence-electron chi connectivity index (χ1n) is 11.9. The Balaban J connectivity index is 1.98. The number of rotatable bonds is 5. The van der Waals surface area contributed by atoms with E-state index in [1.807, 2.05) is 37.3 Å². The van der Waals surface area contributed by atoms with Gasteiger partial charge in [-0.05, 0) is 74.7 Å². The molecule has 2 aromatic rings. The summed E-state index contributed by atoms with van der Waals surface area (Å²) in [6.45, 7) is 14.7. The summed E-state index contributed by atoms with van der Waals surface area (Å²) < 4.78 is 11.3. The van der Waals surface area contributed by atoms with Gasteiger partial charge in [-0.15, -0.1) is 0 Å². The minimum atomic E-state index is -1.72. The number of ether oxygens (including phenoxy) is 2. The van der Waals surface area contributed by atoms with Crippen molar-refractivity contribution in [2.24, 2.45) is 0 Å². The molecule has 1 atom stereocenters. The number of carbonyl (C=O) groups is 2. The highest BCUT2D eigenvalue weighted by atomic mass is 28.3. The van der Waals surface area contributed by atoms with Crippen molar-refractivity contribution in [2.75, 3.05) is 18.5 Å². The number of hydrogen-bond acceptors (Lipinski definition) is 5. The number of nitriles is 1. The molecule has 0 bridgehead atoms. The molecule has 1 aliphatic heterocycles. The summed E-state index contributed by atoms with van der Waals surface area (Å²) in [6, 6.07) is 12.5. The lowest BCUT2D eigenvalue weighted by molar-refractivity contribution is -0.121. The van der Waals surface area contributed by atoms with E-state index in [1.54, 1.807) is 26.8 Å². The van der Waals surface area contributed by atoms with Gasteiger partial charge < -0.3 is 14.8 Å². The van der Waals surface area contributed by atoms with E-state index in [0.29, 0.717) is 30.8 Å². The Morgan fingerprint density at radius 1 is 1.17 bits per heavy atom. The van der Waals surface area contributed by atoms with Crippen LogP contribution in [0.4, 0.5) is 10.5 Å². The molecule has 0 radical (unpaired) electrons. The van der Waals surface area contributed by atoms with Crippen molar-refractivity contribution >= 4 is 30.9 Å². The second-order valence-electron chi connectivity index (χ2n) is 10.7. The topological polar surface area (TPSA) is 91.7 Å². The van der Waals surface area contributed by atoms with Crippen molar-refractivity contribution in [3.8, 4) is 11.8 Å². The SMILES string of the molecule is CCOc1ccc2c(c1)CCN(C(=O)OC(C)(C)C)[C@@H]2C(=O)Nc1ccc([Si](C)(C)C)c(C#N)c1. The van der Waals surface area contributed by atoms with Gasteiger partial charge in [0.05, 0.1) is 26.3 Å². The minimum absolute atomic E-state index is 0.341. The lowest BCUT2D eigenvalue weighted by Gasteiger charge is -2.37. The lowest BCUT2D eigenvalue weighted by Crippen LogP contribution is -2.47. The fourth-order valence-corrected chi connectivity index (χ4v) is 5.76. The minimum Gasteiger partial charge on any atom is -0.494 e. The maximum absolute atomic E-state index is 13.6. The average molecular weight is 494 g/mol. The highest BCUT2D eigenvalue weighted by Crippen LogP contribution is 2.34. The third-order valence-electron chi connectivity index (χ3n) is 5.75. The van der Waals surface area contributed by atoms with Gasteiger partial charge in [0, 0.05) is 12.2 Å². The molecule has 35 heavy (non-hydrogen) atoms. The van der Waals surface area contributed by atoms with E-state index in [9.17, 15) is 14.9 Å². The Bertz CT molecular complexity index is 1160. The van der Waals surface area contributed by atoms with Crippen LogP contribution in [0, 0.1) is 11.3 Å². The average Bonchev–Trinajstić information content (AvgIpc) is 2.76. The third-order valence-corrected chi connectivity index (χ3v) is 7.80. The third kappa shape index (κ3) is 6.23. The van der Waals surface area contributed by atoms with Crippen molar-refractivity contribution in [1.29, 1.82) is 5.26 Å². The Morgan fingerprint density at radius 2 is 1.89 bits per heavy atom. The summed E-state index contributed by atoms with van der Waals surface area (Å²) in [5.74, 6) is 0.377. The predicted octanol–water partition coefficient (Wildman–Crippen LogP) is 4.98. The monoisotopic (exact) mass is 493 g/mol. The highest BCUT2D eigenvalue weighted by Gasteiger charge is 2.38. The number of nitrogens with zero attached hydrogens (tertiary/aromatic N) is 2. The van der Waals surface area contributed by atoms with Crippen LogP contribution in [-0.4, -0.2) is 43.7 Å². The van der Waals surface area contributed by atoms with Crippen LogP contribution in [-0.2, 0) is 16.0 Å². The van der Waals surface area contributed by atoms with Crippen molar-refractivity contribution in [2.45, 2.75) is 65.4 Å². The van der Waals surface area contributed by atoms with E-state index in [2.05, 4.69) is 31.0 Å². The van der Waals surface area contributed by atoms with Gasteiger partial charge >= 0.3 is 6.09 Å². The van der Waals surface area contributed by atoms with Crippen molar-refractivity contribution < 1.29 is 19.1 Å². The van der Waals surface area contributed by atoms with E-state index < -0.39 is 25.8 Å². The molecule has 1 heterocycles. The molecule has 0 spiro atoms. The van der Waals surface area contributed by atoms with Gasteiger partial charge in [0.2, 0.25) is 0 Å². The number of anilines is 1. The number of nitrogens with one attached hydrogen (secondary N) is 1. The number of carbonyl (C=O) groups excluding carboxylic acids is 2. The first-order chi connectivity index (χ1) is 16.3. The molecule has 0 fully saturated rings. The van der Waals surface area contributed by atoms with Crippen LogP contribution in [0.15, 0.2) is 36.4 Å². The molecule has 1 aliphatic rings. The van der Waals surface area contributed by atoms with Crippen LogP contribution in [0.1, 0.15) is 50.4 Å². The van der Waals surface area contributed by atoms with Gasteiger partial charge in [0.25, 0.3) is 5.91 Å². The van der Waals surface area contributed by atoms with Crippen LogP contribution >= 0.6 is 0 Å². The highest BCUT2D eigenvalue weighted by molar-refractivity contribution is 6.89. The van der Waals surface area contributed by atoms with E-state index >= 15 is 0 Å². The number of hydrogen-bond donors (Lipinski definition) is 1. The fraction of sp³-hybridized carbons (Fsp3) is 0.444. The number of fused-ring (bicyclic) bond motifs is 1. The van der Waals surface area contributed by atoms with Crippen LogP contribution in [0.5, 0.6) is 5.75 Å². The molecule has 186 valence electrons. The van der Waals surface area contributed by atoms with Crippen molar-refractivity contribution in [3.63, 3.8) is 0 Å². The molecule has 0 aromatic heterocycles.